The van der Waals surface area contributed by atoms with Crippen LogP contribution in [0.4, 0.5) is 52.0 Å². The zero-order chi connectivity index (χ0) is 73.6. The van der Waals surface area contributed by atoms with Gasteiger partial charge in [0.15, 0.2) is 0 Å². The smallest absolute Gasteiger partial charge is 0.410 e. The summed E-state index contributed by atoms with van der Waals surface area (Å²) in [6, 6.07) is 6.47. The first kappa shape index (κ1) is 92.0. The second-order valence-electron chi connectivity index (χ2n) is 29.2. The molecule has 4 fully saturated rings. The van der Waals surface area contributed by atoms with Crippen molar-refractivity contribution in [3.63, 3.8) is 0 Å². The molecule has 4 aliphatic rings. The highest BCUT2D eigenvalue weighted by Gasteiger charge is 2.39. The molecular weight excluding hydrogens is 1310 g/mol. The summed E-state index contributed by atoms with van der Waals surface area (Å²) in [6.07, 6.45) is 5.47. The van der Waals surface area contributed by atoms with Crippen LogP contribution in [-0.4, -0.2) is 225 Å². The fourth-order valence-corrected chi connectivity index (χ4v) is 11.2. The third kappa shape index (κ3) is 34.3. The first-order chi connectivity index (χ1) is 44.1. The van der Waals surface area contributed by atoms with Crippen molar-refractivity contribution in [3.05, 3.63) is 68.9 Å². The first-order valence-corrected chi connectivity index (χ1v) is 34.4. The normalized spacial score (nSPS) is 20.6. The van der Waals surface area contributed by atoms with Gasteiger partial charge in [0.1, 0.15) is 34.2 Å². The molecule has 30 heteroatoms. The molecule has 0 saturated carbocycles. The number of carbonyl (C=O) groups excluding carboxylic acids is 3. The molecule has 6 N–H and O–H groups in total. The maximum absolute atomic E-state index is 13.9. The van der Waals surface area contributed by atoms with Gasteiger partial charge in [-0.1, -0.05) is 54.1 Å². The van der Waals surface area contributed by atoms with Crippen LogP contribution in [0.3, 0.4) is 0 Å². The number of nitro groups is 1. The lowest BCUT2D eigenvalue weighted by molar-refractivity contribution is -0.387. The minimum absolute atomic E-state index is 0. The predicted molar refractivity (Wildman–Crippen MR) is 385 cm³/mol. The number of methoxy groups -OCH3 is 1. The van der Waals surface area contributed by atoms with Crippen LogP contribution in [0, 0.1) is 45.4 Å². The fourth-order valence-electron chi connectivity index (χ4n) is 10.7. The second-order valence-corrected chi connectivity index (χ2v) is 31.2. The monoisotopic (exact) mass is 1430 g/mol. The SMILES string of the molecule is C.C.CNC.COc1cc(F)c([N+](=O)[O-])cc1Nc1nccc(Nc2cc(Cl)c(F)cc2C(C)(C)O)n1.C[C@@H]1CN[C@@H](CN(C)C)C1.C[C@H]1C[C@H](CN(C)C)N(C(=O)OC(C)(C)C)C1.C[C@H]1C[C@H](CO)N(C(=O)OC(C)(C)C)C1.C[C@H]1C[C@H](COS(C)(=O)=O)N(C(=O)OC(C)(C)C)C1. The van der Waals surface area contributed by atoms with E-state index in [0.29, 0.717) is 36.5 Å². The van der Waals surface area contributed by atoms with Crippen LogP contribution in [0.1, 0.15) is 150 Å². The number of benzene rings is 2. The number of aliphatic hydroxyl groups is 2. The molecule has 0 radical (unpaired) electrons. The minimum atomic E-state index is -3.49. The summed E-state index contributed by atoms with van der Waals surface area (Å²) in [5, 5.41) is 42.3. The standard InChI is InChI=1S/C20H18ClF2N5O4.C13H26N2O2.C12H23NO5S.C11H21NO3.C8H18N2.C2H7N.2CH4/c1-20(2,29)10-6-12(22)11(21)7-14(10)25-18-4-5-24-19(27-18)26-15-9-16(28(30)31)13(23)8-17(15)32-3;1-10-7-11(9-14(5)6)15(8-10)12(16)17-13(2,3)4;1-9-6-10(8-17-19(5,15)16)13(7-9)11(14)18-12(2,3)4;1-8-5-9(7-13)12(6-8)10(14)15-11(2,3)4;1-7-4-8(9-5-7)6-10(2)3;1-3-2;;/h4-9,29H,1-3H3,(H2,24,25,26,27);10-11H,7-9H2,1-6H3;9-10H,6-8H2,1-5H3;8-9,13H,5-7H2,1-4H3;7-9H,4-6H2,1-3H3;3H,1-2H3;2*1H4/t;10-,11+;9-,10+;8-,9+;7-,8+;;;/m.0000.../s1. The van der Waals surface area contributed by atoms with Crippen LogP contribution in [0.25, 0.3) is 0 Å². The number of carbonyl (C=O) groups is 3. The van der Waals surface area contributed by atoms with Crippen molar-refractivity contribution < 1.29 is 69.8 Å². The highest BCUT2D eigenvalue weighted by Crippen LogP contribution is 2.36. The van der Waals surface area contributed by atoms with Crippen LogP contribution in [0.5, 0.6) is 5.75 Å². The molecule has 5 heterocycles. The van der Waals surface area contributed by atoms with Gasteiger partial charge in [-0.15, -0.1) is 0 Å². The highest BCUT2D eigenvalue weighted by atomic mass is 35.5. The van der Waals surface area contributed by atoms with Gasteiger partial charge in [0, 0.05) is 74.4 Å². The number of likely N-dealkylation sites (tertiary alicyclic amines) is 3. The number of anilines is 4. The number of halogens is 3. The molecule has 2 aromatic carbocycles. The van der Waals surface area contributed by atoms with E-state index < -0.39 is 60.9 Å². The summed E-state index contributed by atoms with van der Waals surface area (Å²) in [5.74, 6) is 0.696. The molecule has 98 heavy (non-hydrogen) atoms. The van der Waals surface area contributed by atoms with Gasteiger partial charge < -0.3 is 74.9 Å². The Morgan fingerprint density at radius 1 is 0.724 bits per heavy atom. The molecule has 26 nitrogen and oxygen atoms in total. The van der Waals surface area contributed by atoms with Gasteiger partial charge >= 0.3 is 24.0 Å². The Morgan fingerprint density at radius 2 is 1.18 bits per heavy atom. The summed E-state index contributed by atoms with van der Waals surface area (Å²) in [5.41, 5.74) is -2.97. The lowest BCUT2D eigenvalue weighted by Crippen LogP contribution is -2.43. The molecule has 4 saturated heterocycles. The third-order valence-corrected chi connectivity index (χ3v) is 15.2. The Labute approximate surface area is 589 Å². The average molecular weight is 1440 g/mol. The van der Waals surface area contributed by atoms with Crippen molar-refractivity contribution in [2.45, 2.75) is 191 Å². The van der Waals surface area contributed by atoms with E-state index in [9.17, 15) is 46.8 Å². The number of nitrogens with one attached hydrogen (secondary N) is 4. The first-order valence-electron chi connectivity index (χ1n) is 32.3. The Hall–Kier alpha value is -6.05. The van der Waals surface area contributed by atoms with E-state index in [1.165, 1.54) is 58.8 Å². The van der Waals surface area contributed by atoms with Crippen LogP contribution in [0.2, 0.25) is 5.02 Å². The fraction of sp³-hybridized carbons (Fsp3) is 0.721. The quantitative estimate of drug-likeness (QED) is 0.0356. The highest BCUT2D eigenvalue weighted by molar-refractivity contribution is 7.86. The molecule has 8 atom stereocenters. The van der Waals surface area contributed by atoms with Gasteiger partial charge in [0.2, 0.25) is 11.8 Å². The van der Waals surface area contributed by atoms with E-state index in [1.54, 1.807) is 30.6 Å². The van der Waals surface area contributed by atoms with E-state index in [4.69, 9.17) is 39.8 Å². The maximum Gasteiger partial charge on any atom is 0.410 e. The van der Waals surface area contributed by atoms with Crippen molar-refractivity contribution in [1.29, 1.82) is 0 Å². The number of nitro benzene ring substituents is 1. The Kier molecular flexibility index (Phi) is 38.5. The van der Waals surface area contributed by atoms with E-state index in [1.807, 2.05) is 81.6 Å². The number of nitrogens with zero attached hydrogens (tertiary/aromatic N) is 8. The third-order valence-electron chi connectivity index (χ3n) is 14.4. The maximum atomic E-state index is 13.9. The van der Waals surface area contributed by atoms with Gasteiger partial charge in [-0.05, 0) is 193 Å². The average Bonchev–Trinajstić information content (AvgIpc) is 1.36. The number of rotatable bonds is 15. The Bertz CT molecular complexity index is 3060. The van der Waals surface area contributed by atoms with Crippen molar-refractivity contribution in [2.75, 3.05) is 119 Å². The summed E-state index contributed by atoms with van der Waals surface area (Å²) in [7, 11) is 9.87. The molecule has 0 aliphatic carbocycles. The van der Waals surface area contributed by atoms with Gasteiger partial charge in [0.05, 0.1) is 59.9 Å². The Balaban J connectivity index is 0.00000124. The van der Waals surface area contributed by atoms with Gasteiger partial charge in [0.25, 0.3) is 10.1 Å². The number of amides is 3. The zero-order valence-corrected chi connectivity index (χ0v) is 62.6. The van der Waals surface area contributed by atoms with Gasteiger partial charge in [-0.3, -0.25) is 14.3 Å². The van der Waals surface area contributed by atoms with E-state index in [0.717, 1.165) is 68.8 Å². The molecule has 3 aromatic rings. The molecule has 4 aliphatic heterocycles. The van der Waals surface area contributed by atoms with Gasteiger partial charge in [-0.25, -0.2) is 23.8 Å². The molecular formula is C68H121ClF2N12O14S. The molecule has 1 aromatic heterocycles. The topological polar surface area (TPSA) is 305 Å². The van der Waals surface area contributed by atoms with Crippen molar-refractivity contribution >= 4 is 68.8 Å². The zero-order valence-electron chi connectivity index (χ0n) is 61.0. The van der Waals surface area contributed by atoms with Crippen LogP contribution in [-0.2, 0) is 34.1 Å². The van der Waals surface area contributed by atoms with Crippen LogP contribution >= 0.6 is 11.6 Å². The number of aromatic nitrogens is 2. The number of aliphatic hydroxyl groups excluding tert-OH is 1. The summed E-state index contributed by atoms with van der Waals surface area (Å²) in [4.78, 5) is 63.8. The van der Waals surface area contributed by atoms with Gasteiger partial charge in [-0.2, -0.15) is 17.8 Å². The Morgan fingerprint density at radius 3 is 1.59 bits per heavy atom. The molecule has 7 rings (SSSR count). The van der Waals surface area contributed by atoms with Crippen molar-refractivity contribution in [3.8, 4) is 5.75 Å². The summed E-state index contributed by atoms with van der Waals surface area (Å²) < 4.78 is 75.7. The summed E-state index contributed by atoms with van der Waals surface area (Å²) >= 11 is 5.89. The summed E-state index contributed by atoms with van der Waals surface area (Å²) in [6.45, 7) is 33.6. The largest absolute Gasteiger partial charge is 0.494 e. The molecule has 0 bridgehead atoms. The van der Waals surface area contributed by atoms with Crippen molar-refractivity contribution in [1.82, 2.24) is 45.1 Å². The molecule has 0 unspecified atom stereocenters. The van der Waals surface area contributed by atoms with Crippen LogP contribution in [0.15, 0.2) is 36.5 Å². The second kappa shape index (κ2) is 41.0. The van der Waals surface area contributed by atoms with E-state index in [-0.39, 0.29) is 92.2 Å². The lowest BCUT2D eigenvalue weighted by atomic mass is 9.96. The lowest BCUT2D eigenvalue weighted by Gasteiger charge is -2.29. The number of hydrogen-bond donors (Lipinski definition) is 6. The molecule has 564 valence electrons. The number of ether oxygens (including phenoxy) is 4. The number of likely N-dealkylation sites (N-methyl/N-ethyl adjacent to an activating group) is 2. The van der Waals surface area contributed by atoms with Crippen LogP contribution < -0.4 is 26.0 Å². The molecule has 3 amide bonds. The molecule has 0 spiro atoms. The number of hydrogen-bond acceptors (Lipinski definition) is 22. The van der Waals surface area contributed by atoms with E-state index in [2.05, 4.69) is 75.9 Å². The van der Waals surface area contributed by atoms with E-state index >= 15 is 0 Å². The minimum Gasteiger partial charge on any atom is -0.494 e. The van der Waals surface area contributed by atoms with Crippen molar-refractivity contribution in [2.24, 2.45) is 23.7 Å². The predicted octanol–water partition coefficient (Wildman–Crippen LogP) is 12.1.